The summed E-state index contributed by atoms with van der Waals surface area (Å²) in [6, 6.07) is 9.57. The van der Waals surface area contributed by atoms with Crippen molar-refractivity contribution in [1.29, 1.82) is 0 Å². The average Bonchev–Trinajstić information content (AvgIpc) is 3.05. The normalized spacial score (nSPS) is 18.3. The minimum absolute atomic E-state index is 0.211. The summed E-state index contributed by atoms with van der Waals surface area (Å²) in [7, 11) is 0. The highest BCUT2D eigenvalue weighted by Gasteiger charge is 2.40. The zero-order valence-electron chi connectivity index (χ0n) is 12.9. The van der Waals surface area contributed by atoms with E-state index in [1.165, 1.54) is 12.5 Å². The Morgan fingerprint density at radius 2 is 1.96 bits per heavy atom. The minimum Gasteiger partial charge on any atom is -0.467 e. The average molecular weight is 325 g/mol. The van der Waals surface area contributed by atoms with Crippen LogP contribution in [0.4, 0.5) is 10.5 Å². The summed E-state index contributed by atoms with van der Waals surface area (Å²) in [4.78, 5) is 41.5. The zero-order chi connectivity index (χ0) is 17.1. The summed E-state index contributed by atoms with van der Waals surface area (Å²) >= 11 is 0. The van der Waals surface area contributed by atoms with E-state index < -0.39 is 23.8 Å². The van der Waals surface area contributed by atoms with Gasteiger partial charge < -0.3 is 4.42 Å². The first-order valence-electron chi connectivity index (χ1n) is 7.34. The van der Waals surface area contributed by atoms with Gasteiger partial charge in [-0.2, -0.15) is 0 Å². The van der Waals surface area contributed by atoms with E-state index in [2.05, 4.69) is 10.3 Å². The number of nitrogens with zero attached hydrogens (tertiary/aromatic N) is 2. The number of aryl methyl sites for hydroxylation is 1. The number of aliphatic imine (C=N–C) groups is 1. The van der Waals surface area contributed by atoms with Crippen LogP contribution < -0.4 is 10.2 Å². The molecule has 1 aliphatic heterocycles. The number of rotatable bonds is 4. The van der Waals surface area contributed by atoms with Crippen LogP contribution in [0.15, 0.2) is 52.1 Å². The number of benzene rings is 1. The Morgan fingerprint density at radius 1 is 1.21 bits per heavy atom. The van der Waals surface area contributed by atoms with Gasteiger partial charge in [0.2, 0.25) is 5.91 Å². The molecule has 1 atom stereocenters. The molecule has 2 heterocycles. The lowest BCUT2D eigenvalue weighted by Crippen LogP contribution is -2.58. The van der Waals surface area contributed by atoms with Gasteiger partial charge in [-0.3, -0.25) is 19.9 Å². The minimum atomic E-state index is -1.15. The second-order valence-corrected chi connectivity index (χ2v) is 5.35. The molecule has 2 aromatic rings. The molecule has 0 spiro atoms. The molecule has 0 radical (unpaired) electrons. The number of amides is 4. The molecule has 24 heavy (non-hydrogen) atoms. The molecular weight excluding hydrogens is 310 g/mol. The predicted octanol–water partition coefficient (Wildman–Crippen LogP) is 2.06. The molecule has 1 aromatic heterocycles. The zero-order valence-corrected chi connectivity index (χ0v) is 12.9. The van der Waals surface area contributed by atoms with Crippen LogP contribution in [0.25, 0.3) is 0 Å². The molecule has 7 heteroatoms. The summed E-state index contributed by atoms with van der Waals surface area (Å²) < 4.78 is 5.13. The predicted molar refractivity (Wildman–Crippen MR) is 86.6 cm³/mol. The van der Waals surface area contributed by atoms with Crippen molar-refractivity contribution < 1.29 is 18.8 Å². The molecule has 0 unspecified atom stereocenters. The fourth-order valence-corrected chi connectivity index (χ4v) is 2.31. The number of imide groups is 2. The van der Waals surface area contributed by atoms with Gasteiger partial charge in [0.1, 0.15) is 5.76 Å². The van der Waals surface area contributed by atoms with Gasteiger partial charge in [0.05, 0.1) is 18.5 Å². The van der Waals surface area contributed by atoms with Gasteiger partial charge in [0, 0.05) is 6.21 Å². The van der Waals surface area contributed by atoms with E-state index in [1.807, 2.05) is 6.92 Å². The number of barbiturate groups is 1. The number of urea groups is 1. The van der Waals surface area contributed by atoms with Crippen molar-refractivity contribution in [2.24, 2.45) is 10.9 Å². The standard InChI is InChI=1S/C17H15N3O4/c1-11-4-6-12(7-5-11)20-16(22)14(15(21)19-17(20)23)10-18-9-13-3-2-8-24-13/h2-8,10,14H,9H2,1H3,(H,19,21,23)/t14-/m1/s1. The van der Waals surface area contributed by atoms with E-state index >= 15 is 0 Å². The van der Waals surface area contributed by atoms with Crippen LogP contribution in [-0.4, -0.2) is 24.1 Å². The second-order valence-electron chi connectivity index (χ2n) is 5.35. The van der Waals surface area contributed by atoms with Gasteiger partial charge in [0.25, 0.3) is 5.91 Å². The number of carbonyl (C=O) groups excluding carboxylic acids is 3. The summed E-state index contributed by atoms with van der Waals surface area (Å²) in [5, 5.41) is 2.18. The van der Waals surface area contributed by atoms with E-state index in [0.29, 0.717) is 11.4 Å². The Balaban J connectivity index is 1.80. The molecule has 122 valence electrons. The maximum Gasteiger partial charge on any atom is 0.335 e. The molecule has 1 aromatic carbocycles. The quantitative estimate of drug-likeness (QED) is 0.688. The fraction of sp³-hybridized carbons (Fsp3) is 0.176. The number of carbonyl (C=O) groups is 3. The summed E-state index contributed by atoms with van der Waals surface area (Å²) in [5.74, 6) is -1.85. The van der Waals surface area contributed by atoms with E-state index in [-0.39, 0.29) is 6.54 Å². The summed E-state index contributed by atoms with van der Waals surface area (Å²) in [5.41, 5.74) is 1.40. The van der Waals surface area contributed by atoms with Crippen LogP contribution in [0.2, 0.25) is 0 Å². The monoisotopic (exact) mass is 325 g/mol. The molecule has 0 bridgehead atoms. The maximum atomic E-state index is 12.6. The molecule has 1 aliphatic rings. The van der Waals surface area contributed by atoms with Crippen LogP contribution in [0.5, 0.6) is 0 Å². The van der Waals surface area contributed by atoms with Crippen LogP contribution in [0.3, 0.4) is 0 Å². The molecule has 1 fully saturated rings. The Bertz CT molecular complexity index is 794. The number of anilines is 1. The van der Waals surface area contributed by atoms with Gasteiger partial charge in [-0.15, -0.1) is 0 Å². The molecule has 3 rings (SSSR count). The third-order valence-corrected chi connectivity index (χ3v) is 3.58. The summed E-state index contributed by atoms with van der Waals surface area (Å²) in [6.45, 7) is 2.11. The highest BCUT2D eigenvalue weighted by molar-refractivity contribution is 6.32. The largest absolute Gasteiger partial charge is 0.467 e. The van der Waals surface area contributed by atoms with E-state index in [0.717, 1.165) is 10.5 Å². The van der Waals surface area contributed by atoms with Crippen LogP contribution in [0.1, 0.15) is 11.3 Å². The summed E-state index contributed by atoms with van der Waals surface area (Å²) in [6.07, 6.45) is 2.76. The van der Waals surface area contributed by atoms with Crippen molar-refractivity contribution >= 4 is 29.7 Å². The highest BCUT2D eigenvalue weighted by Crippen LogP contribution is 2.20. The molecule has 0 aliphatic carbocycles. The van der Waals surface area contributed by atoms with Gasteiger partial charge in [-0.25, -0.2) is 9.69 Å². The van der Waals surface area contributed by atoms with Gasteiger partial charge in [-0.1, -0.05) is 17.7 Å². The Labute approximate surface area is 138 Å². The number of hydrogen-bond acceptors (Lipinski definition) is 5. The van der Waals surface area contributed by atoms with Crippen LogP contribution in [-0.2, 0) is 16.1 Å². The first kappa shape index (κ1) is 15.7. The number of nitrogens with one attached hydrogen (secondary N) is 1. The van der Waals surface area contributed by atoms with Crippen molar-refractivity contribution in [3.8, 4) is 0 Å². The lowest BCUT2D eigenvalue weighted by atomic mass is 10.1. The first-order valence-corrected chi connectivity index (χ1v) is 7.34. The lowest BCUT2D eigenvalue weighted by Gasteiger charge is -2.28. The molecule has 1 N–H and O–H groups in total. The van der Waals surface area contributed by atoms with E-state index in [1.54, 1.807) is 36.4 Å². The molecule has 4 amide bonds. The fourth-order valence-electron chi connectivity index (χ4n) is 2.31. The first-order chi connectivity index (χ1) is 11.6. The molecule has 1 saturated heterocycles. The van der Waals surface area contributed by atoms with Crippen LogP contribution in [0, 0.1) is 12.8 Å². The molecular formula is C17H15N3O4. The van der Waals surface area contributed by atoms with Gasteiger partial charge >= 0.3 is 6.03 Å². The highest BCUT2D eigenvalue weighted by atomic mass is 16.3. The van der Waals surface area contributed by atoms with Crippen molar-refractivity contribution in [2.45, 2.75) is 13.5 Å². The maximum absolute atomic E-state index is 12.6. The number of furan rings is 1. The van der Waals surface area contributed by atoms with Crippen LogP contribution >= 0.6 is 0 Å². The number of hydrogen-bond donors (Lipinski definition) is 1. The Kier molecular flexibility index (Phi) is 4.24. The van der Waals surface area contributed by atoms with Crippen molar-refractivity contribution in [2.75, 3.05) is 4.90 Å². The van der Waals surface area contributed by atoms with Crippen molar-refractivity contribution in [1.82, 2.24) is 5.32 Å². The van der Waals surface area contributed by atoms with Crippen molar-refractivity contribution in [3.05, 3.63) is 54.0 Å². The topological polar surface area (TPSA) is 92.0 Å². The molecule has 7 nitrogen and oxygen atoms in total. The third kappa shape index (κ3) is 3.10. The Hall–Kier alpha value is -3.22. The molecule has 0 saturated carbocycles. The lowest BCUT2D eigenvalue weighted by molar-refractivity contribution is -0.131. The SMILES string of the molecule is Cc1ccc(N2C(=O)NC(=O)[C@@H](C=NCc3ccco3)C2=O)cc1. The van der Waals surface area contributed by atoms with E-state index in [9.17, 15) is 14.4 Å². The Morgan fingerprint density at radius 3 is 2.62 bits per heavy atom. The van der Waals surface area contributed by atoms with Gasteiger partial charge in [0.15, 0.2) is 5.92 Å². The van der Waals surface area contributed by atoms with Gasteiger partial charge in [-0.05, 0) is 31.2 Å². The van der Waals surface area contributed by atoms with E-state index in [4.69, 9.17) is 4.42 Å². The second kappa shape index (κ2) is 6.49. The van der Waals surface area contributed by atoms with Crippen molar-refractivity contribution in [3.63, 3.8) is 0 Å². The third-order valence-electron chi connectivity index (χ3n) is 3.58. The smallest absolute Gasteiger partial charge is 0.335 e.